The first-order valence-corrected chi connectivity index (χ1v) is 4.92. The van der Waals surface area contributed by atoms with E-state index in [1.54, 1.807) is 27.8 Å². The van der Waals surface area contributed by atoms with E-state index in [1.807, 2.05) is 0 Å². The van der Waals surface area contributed by atoms with E-state index in [1.165, 1.54) is 6.07 Å². The number of alkyl halides is 3. The molecule has 0 unspecified atom stereocenters. The molecule has 0 aliphatic carbocycles. The van der Waals surface area contributed by atoms with Gasteiger partial charge in [-0.2, -0.15) is 13.2 Å². The zero-order valence-electron chi connectivity index (χ0n) is 9.74. The molecule has 1 heterocycles. The summed E-state index contributed by atoms with van der Waals surface area (Å²) in [5.74, 6) is 0.443. The lowest BCUT2D eigenvalue weighted by atomic mass is 9.88. The Morgan fingerprint density at radius 3 is 2.06 bits per heavy atom. The van der Waals surface area contributed by atoms with Gasteiger partial charge in [-0.15, -0.1) is 0 Å². The second-order valence-corrected chi connectivity index (χ2v) is 4.59. The van der Waals surface area contributed by atoms with Crippen LogP contribution in [0.3, 0.4) is 0 Å². The molecule has 0 saturated carbocycles. The van der Waals surface area contributed by atoms with Gasteiger partial charge in [-0.25, -0.2) is 4.98 Å². The first-order valence-electron chi connectivity index (χ1n) is 4.92. The molecular formula is C11H15F3N2. The van der Waals surface area contributed by atoms with Gasteiger partial charge in [-0.1, -0.05) is 20.8 Å². The van der Waals surface area contributed by atoms with Gasteiger partial charge < -0.3 is 5.32 Å². The van der Waals surface area contributed by atoms with Gasteiger partial charge in [0.15, 0.2) is 0 Å². The summed E-state index contributed by atoms with van der Waals surface area (Å²) < 4.78 is 38.3. The van der Waals surface area contributed by atoms with E-state index in [0.717, 1.165) is 6.07 Å². The summed E-state index contributed by atoms with van der Waals surface area (Å²) >= 11 is 0. The van der Waals surface area contributed by atoms with Crippen molar-refractivity contribution in [3.8, 4) is 0 Å². The molecule has 0 radical (unpaired) electrons. The van der Waals surface area contributed by atoms with Crippen LogP contribution < -0.4 is 5.32 Å². The molecule has 1 N–H and O–H groups in total. The summed E-state index contributed by atoms with van der Waals surface area (Å²) in [4.78, 5) is 4.00. The van der Waals surface area contributed by atoms with E-state index in [4.69, 9.17) is 0 Å². The SMILES string of the molecule is CNc1ccc(C(F)(F)F)c(C(C)(C)C)n1. The fraction of sp³-hybridized carbons (Fsp3) is 0.545. The second kappa shape index (κ2) is 3.96. The highest BCUT2D eigenvalue weighted by Gasteiger charge is 2.37. The molecule has 0 saturated heterocycles. The van der Waals surface area contributed by atoms with Crippen molar-refractivity contribution in [3.05, 3.63) is 23.4 Å². The maximum absolute atomic E-state index is 12.8. The highest BCUT2D eigenvalue weighted by molar-refractivity contribution is 5.41. The lowest BCUT2D eigenvalue weighted by Gasteiger charge is -2.23. The number of pyridine rings is 1. The van der Waals surface area contributed by atoms with Gasteiger partial charge in [-0.3, -0.25) is 0 Å². The van der Waals surface area contributed by atoms with Crippen molar-refractivity contribution in [1.29, 1.82) is 0 Å². The van der Waals surface area contributed by atoms with Crippen molar-refractivity contribution in [1.82, 2.24) is 4.98 Å². The van der Waals surface area contributed by atoms with Crippen molar-refractivity contribution in [2.45, 2.75) is 32.4 Å². The molecular weight excluding hydrogens is 217 g/mol. The van der Waals surface area contributed by atoms with Crippen LogP contribution in [0.2, 0.25) is 0 Å². The Bertz CT molecular complexity index is 378. The summed E-state index contributed by atoms with van der Waals surface area (Å²) in [6.07, 6.45) is -4.36. The average molecular weight is 232 g/mol. The lowest BCUT2D eigenvalue weighted by Crippen LogP contribution is -2.22. The van der Waals surface area contributed by atoms with Crippen LogP contribution in [-0.2, 0) is 11.6 Å². The monoisotopic (exact) mass is 232 g/mol. The Morgan fingerprint density at radius 2 is 1.69 bits per heavy atom. The number of nitrogens with zero attached hydrogens (tertiary/aromatic N) is 1. The molecule has 90 valence electrons. The van der Waals surface area contributed by atoms with Crippen molar-refractivity contribution in [2.75, 3.05) is 12.4 Å². The van der Waals surface area contributed by atoms with Gasteiger partial charge in [-0.05, 0) is 12.1 Å². The third kappa shape index (κ3) is 2.65. The standard InChI is InChI=1S/C11H15F3N2/c1-10(2,3)9-7(11(12,13)14)5-6-8(15-4)16-9/h5-6H,1-4H3,(H,15,16). The summed E-state index contributed by atoms with van der Waals surface area (Å²) in [5, 5.41) is 2.74. The van der Waals surface area contributed by atoms with E-state index < -0.39 is 17.2 Å². The molecule has 0 spiro atoms. The summed E-state index contributed by atoms with van der Waals surface area (Å²) in [6, 6.07) is 2.40. The Hall–Kier alpha value is -1.26. The van der Waals surface area contributed by atoms with Crippen LogP contribution in [-0.4, -0.2) is 12.0 Å². The van der Waals surface area contributed by atoms with Crippen molar-refractivity contribution < 1.29 is 13.2 Å². The Labute approximate surface area is 92.9 Å². The molecule has 1 rings (SSSR count). The maximum atomic E-state index is 12.8. The maximum Gasteiger partial charge on any atom is 0.418 e. The summed E-state index contributed by atoms with van der Waals surface area (Å²) in [5.41, 5.74) is -1.25. The smallest absolute Gasteiger partial charge is 0.373 e. The van der Waals surface area contributed by atoms with Crippen LogP contribution in [0, 0.1) is 0 Å². The molecule has 0 amide bonds. The van der Waals surface area contributed by atoms with E-state index in [2.05, 4.69) is 10.3 Å². The minimum absolute atomic E-state index is 0.0619. The molecule has 0 fully saturated rings. The number of nitrogens with one attached hydrogen (secondary N) is 1. The van der Waals surface area contributed by atoms with Crippen LogP contribution in [0.1, 0.15) is 32.0 Å². The zero-order chi connectivity index (χ0) is 12.6. The fourth-order valence-electron chi connectivity index (χ4n) is 1.40. The molecule has 2 nitrogen and oxygen atoms in total. The number of aromatic nitrogens is 1. The predicted molar refractivity (Wildman–Crippen MR) is 57.5 cm³/mol. The van der Waals surface area contributed by atoms with Gasteiger partial charge in [0.25, 0.3) is 0 Å². The quantitative estimate of drug-likeness (QED) is 0.802. The highest BCUT2D eigenvalue weighted by atomic mass is 19.4. The lowest BCUT2D eigenvalue weighted by molar-refractivity contribution is -0.139. The molecule has 1 aromatic rings. The highest BCUT2D eigenvalue weighted by Crippen LogP contribution is 2.36. The first-order chi connectivity index (χ1) is 7.16. The van der Waals surface area contributed by atoms with E-state index in [0.29, 0.717) is 5.82 Å². The minimum atomic E-state index is -4.36. The average Bonchev–Trinajstić information content (AvgIpc) is 2.14. The van der Waals surface area contributed by atoms with Crippen LogP contribution in [0.25, 0.3) is 0 Å². The number of halogens is 3. The van der Waals surface area contributed by atoms with E-state index in [9.17, 15) is 13.2 Å². The Morgan fingerprint density at radius 1 is 1.12 bits per heavy atom. The van der Waals surface area contributed by atoms with Gasteiger partial charge >= 0.3 is 6.18 Å². The molecule has 5 heteroatoms. The topological polar surface area (TPSA) is 24.9 Å². The van der Waals surface area contributed by atoms with Crippen molar-refractivity contribution >= 4 is 5.82 Å². The molecule has 0 bridgehead atoms. The number of anilines is 1. The molecule has 0 aliphatic heterocycles. The summed E-state index contributed by atoms with van der Waals surface area (Å²) in [7, 11) is 1.63. The second-order valence-electron chi connectivity index (χ2n) is 4.59. The van der Waals surface area contributed by atoms with Gasteiger partial charge in [0.1, 0.15) is 5.82 Å². The Kier molecular flexibility index (Phi) is 3.17. The molecule has 0 aromatic carbocycles. The first kappa shape index (κ1) is 12.8. The number of rotatable bonds is 1. The van der Waals surface area contributed by atoms with E-state index in [-0.39, 0.29) is 5.69 Å². The predicted octanol–water partition coefficient (Wildman–Crippen LogP) is 3.44. The van der Waals surface area contributed by atoms with Gasteiger partial charge in [0, 0.05) is 12.5 Å². The van der Waals surface area contributed by atoms with Crippen LogP contribution in [0.15, 0.2) is 12.1 Å². The summed E-state index contributed by atoms with van der Waals surface area (Å²) in [6.45, 7) is 5.14. The van der Waals surface area contributed by atoms with E-state index >= 15 is 0 Å². The molecule has 1 aromatic heterocycles. The van der Waals surface area contributed by atoms with Crippen LogP contribution in [0.4, 0.5) is 19.0 Å². The molecule has 16 heavy (non-hydrogen) atoms. The minimum Gasteiger partial charge on any atom is -0.373 e. The third-order valence-corrected chi connectivity index (χ3v) is 2.17. The van der Waals surface area contributed by atoms with Crippen molar-refractivity contribution in [2.24, 2.45) is 0 Å². The van der Waals surface area contributed by atoms with Crippen LogP contribution in [0.5, 0.6) is 0 Å². The number of hydrogen-bond acceptors (Lipinski definition) is 2. The van der Waals surface area contributed by atoms with Gasteiger partial charge in [0.05, 0.1) is 11.3 Å². The normalized spacial score (nSPS) is 12.7. The third-order valence-electron chi connectivity index (χ3n) is 2.17. The largest absolute Gasteiger partial charge is 0.418 e. The van der Waals surface area contributed by atoms with Crippen LogP contribution >= 0.6 is 0 Å². The Balaban J connectivity index is 3.40. The van der Waals surface area contributed by atoms with Gasteiger partial charge in [0.2, 0.25) is 0 Å². The molecule has 0 atom stereocenters. The number of hydrogen-bond donors (Lipinski definition) is 1. The molecule has 0 aliphatic rings. The van der Waals surface area contributed by atoms with Crippen molar-refractivity contribution in [3.63, 3.8) is 0 Å². The zero-order valence-corrected chi connectivity index (χ0v) is 9.74. The fourth-order valence-corrected chi connectivity index (χ4v) is 1.40.